The number of benzene rings is 1. The van der Waals surface area contributed by atoms with Crippen LogP contribution in [0.1, 0.15) is 33.5 Å². The lowest BCUT2D eigenvalue weighted by Gasteiger charge is -2.20. The Morgan fingerprint density at radius 3 is 2.50 bits per heavy atom. The van der Waals surface area contributed by atoms with E-state index in [2.05, 4.69) is 32.4 Å². The van der Waals surface area contributed by atoms with Crippen molar-refractivity contribution in [3.05, 3.63) is 64.0 Å². The first-order valence-corrected chi connectivity index (χ1v) is 10.5. The zero-order valence-electron chi connectivity index (χ0n) is 16.6. The number of hydrogen-bond donors (Lipinski definition) is 1. The largest absolute Gasteiger partial charge is 0.438 e. The fourth-order valence-corrected chi connectivity index (χ4v) is 4.24. The molecule has 0 spiro atoms. The molecule has 0 radical (unpaired) electrons. The van der Waals surface area contributed by atoms with Crippen molar-refractivity contribution >= 4 is 23.5 Å². The summed E-state index contributed by atoms with van der Waals surface area (Å²) in [5.41, 5.74) is 4.80. The van der Waals surface area contributed by atoms with Crippen LogP contribution in [0.2, 0.25) is 0 Å². The van der Waals surface area contributed by atoms with Crippen LogP contribution in [0.4, 0.5) is 11.8 Å². The number of nitriles is 2. The van der Waals surface area contributed by atoms with Gasteiger partial charge in [-0.2, -0.15) is 27.3 Å². The average Bonchev–Trinajstić information content (AvgIpc) is 2.76. The van der Waals surface area contributed by atoms with E-state index in [0.717, 1.165) is 40.3 Å². The predicted octanol–water partition coefficient (Wildman–Crippen LogP) is 4.56. The van der Waals surface area contributed by atoms with Gasteiger partial charge in [-0.3, -0.25) is 0 Å². The smallest absolute Gasteiger partial charge is 0.231 e. The molecule has 7 nitrogen and oxygen atoms in total. The minimum atomic E-state index is 0.400. The third kappa shape index (κ3) is 4.05. The van der Waals surface area contributed by atoms with Gasteiger partial charge >= 0.3 is 0 Å². The second-order valence-corrected chi connectivity index (χ2v) is 8.01. The van der Waals surface area contributed by atoms with Crippen LogP contribution in [0.15, 0.2) is 30.5 Å². The fraction of sp³-hybridized carbons (Fsp3) is 0.227. The Morgan fingerprint density at radius 1 is 1.07 bits per heavy atom. The second kappa shape index (κ2) is 8.40. The average molecular weight is 414 g/mol. The van der Waals surface area contributed by atoms with Crippen LogP contribution in [0.3, 0.4) is 0 Å². The lowest BCUT2D eigenvalue weighted by molar-refractivity contribution is 0.449. The molecule has 1 aromatic carbocycles. The molecule has 0 saturated carbocycles. The van der Waals surface area contributed by atoms with E-state index in [1.165, 1.54) is 6.20 Å². The number of nitrogens with zero attached hydrogens (tertiary/aromatic N) is 5. The van der Waals surface area contributed by atoms with Gasteiger partial charge in [-0.25, -0.2) is 9.97 Å². The predicted molar refractivity (Wildman–Crippen MR) is 115 cm³/mol. The van der Waals surface area contributed by atoms with E-state index >= 15 is 0 Å². The first kappa shape index (κ1) is 19.7. The second-order valence-electron chi connectivity index (χ2n) is 6.90. The van der Waals surface area contributed by atoms with Crippen molar-refractivity contribution in [2.45, 2.75) is 26.0 Å². The van der Waals surface area contributed by atoms with Gasteiger partial charge in [-0.15, -0.1) is 0 Å². The minimum Gasteiger partial charge on any atom is -0.438 e. The van der Waals surface area contributed by atoms with Gasteiger partial charge in [0.1, 0.15) is 17.6 Å². The van der Waals surface area contributed by atoms with Crippen molar-refractivity contribution in [3.63, 3.8) is 0 Å². The molecule has 0 unspecified atom stereocenters. The Labute approximate surface area is 178 Å². The van der Waals surface area contributed by atoms with Gasteiger partial charge in [0.2, 0.25) is 11.8 Å². The van der Waals surface area contributed by atoms with E-state index in [-0.39, 0.29) is 0 Å². The van der Waals surface area contributed by atoms with Gasteiger partial charge in [0, 0.05) is 17.5 Å². The topological polar surface area (TPSA) is 108 Å². The number of ether oxygens (including phenoxy) is 1. The van der Waals surface area contributed by atoms with Crippen LogP contribution in [0, 0.1) is 36.5 Å². The van der Waals surface area contributed by atoms with E-state index in [1.54, 1.807) is 12.1 Å². The normalized spacial score (nSPS) is 12.4. The summed E-state index contributed by atoms with van der Waals surface area (Å²) in [5, 5.41) is 21.2. The van der Waals surface area contributed by atoms with Gasteiger partial charge in [0.25, 0.3) is 0 Å². The maximum atomic E-state index is 9.19. The highest BCUT2D eigenvalue weighted by molar-refractivity contribution is 7.98. The maximum Gasteiger partial charge on any atom is 0.231 e. The molecule has 0 bridgehead atoms. The van der Waals surface area contributed by atoms with E-state index in [0.29, 0.717) is 34.5 Å². The molecule has 0 saturated heterocycles. The Hall–Kier alpha value is -3.62. The van der Waals surface area contributed by atoms with Crippen molar-refractivity contribution in [3.8, 4) is 23.8 Å². The Kier molecular flexibility index (Phi) is 5.51. The van der Waals surface area contributed by atoms with Crippen LogP contribution in [-0.4, -0.2) is 20.7 Å². The van der Waals surface area contributed by atoms with Gasteiger partial charge < -0.3 is 10.1 Å². The number of anilines is 2. The number of nitrogens with one attached hydrogen (secondary N) is 1. The summed E-state index contributed by atoms with van der Waals surface area (Å²) in [5.74, 6) is 3.95. The number of thioether (sulfide) groups is 1. The molecule has 148 valence electrons. The number of rotatable bonds is 4. The number of aryl methyl sites for hydroxylation is 3. The number of fused-ring (bicyclic) bond motifs is 1. The zero-order chi connectivity index (χ0) is 21.1. The SMILES string of the molecule is Cc1cc(C#N)cc(C)c1Oc1nc(Nc2ccc(C#N)cn2)nc2c1CSCC2. The standard InChI is InChI=1S/C22H18N6OS/c1-13-7-16(10-24)8-14(2)20(13)29-21-17-12-30-6-5-18(17)26-22(28-21)27-19-4-3-15(9-23)11-25-19/h3-4,7-8,11H,5-6,12H2,1-2H3,(H,25,26,27,28). The van der Waals surface area contributed by atoms with E-state index in [9.17, 15) is 5.26 Å². The molecule has 30 heavy (non-hydrogen) atoms. The van der Waals surface area contributed by atoms with E-state index in [1.807, 2.05) is 37.7 Å². The quantitative estimate of drug-likeness (QED) is 0.662. The number of aromatic nitrogens is 3. The third-order valence-electron chi connectivity index (χ3n) is 4.71. The number of hydrogen-bond acceptors (Lipinski definition) is 8. The fourth-order valence-electron chi connectivity index (χ4n) is 3.26. The van der Waals surface area contributed by atoms with Gasteiger partial charge in [-0.05, 0) is 61.4 Å². The molecule has 0 aliphatic carbocycles. The molecule has 1 N–H and O–H groups in total. The minimum absolute atomic E-state index is 0.400. The summed E-state index contributed by atoms with van der Waals surface area (Å²) in [4.78, 5) is 13.5. The van der Waals surface area contributed by atoms with Crippen LogP contribution in [-0.2, 0) is 12.2 Å². The summed E-state index contributed by atoms with van der Waals surface area (Å²) < 4.78 is 6.28. The molecule has 4 rings (SSSR count). The molecule has 2 aromatic heterocycles. The molecule has 8 heteroatoms. The summed E-state index contributed by atoms with van der Waals surface area (Å²) in [6.07, 6.45) is 2.33. The van der Waals surface area contributed by atoms with Crippen LogP contribution < -0.4 is 10.1 Å². The van der Waals surface area contributed by atoms with Gasteiger partial charge in [0.05, 0.1) is 22.9 Å². The summed E-state index contributed by atoms with van der Waals surface area (Å²) in [6, 6.07) is 11.2. The first-order chi connectivity index (χ1) is 14.6. The van der Waals surface area contributed by atoms with Crippen molar-refractivity contribution < 1.29 is 4.74 Å². The zero-order valence-corrected chi connectivity index (χ0v) is 17.4. The van der Waals surface area contributed by atoms with E-state index in [4.69, 9.17) is 10.00 Å². The first-order valence-electron chi connectivity index (χ1n) is 9.37. The summed E-state index contributed by atoms with van der Waals surface area (Å²) in [6.45, 7) is 3.84. The molecule has 3 aromatic rings. The van der Waals surface area contributed by atoms with E-state index < -0.39 is 0 Å². The van der Waals surface area contributed by atoms with Gasteiger partial charge in [0.15, 0.2) is 0 Å². The third-order valence-corrected chi connectivity index (χ3v) is 5.69. The molecule has 1 aliphatic heterocycles. The lowest BCUT2D eigenvalue weighted by atomic mass is 10.1. The van der Waals surface area contributed by atoms with Crippen LogP contribution >= 0.6 is 11.8 Å². The maximum absolute atomic E-state index is 9.19. The highest BCUT2D eigenvalue weighted by Gasteiger charge is 2.21. The summed E-state index contributed by atoms with van der Waals surface area (Å²) in [7, 11) is 0. The molecule has 0 atom stereocenters. The monoisotopic (exact) mass is 414 g/mol. The van der Waals surface area contributed by atoms with Crippen molar-refractivity contribution in [2.75, 3.05) is 11.1 Å². The van der Waals surface area contributed by atoms with Gasteiger partial charge in [-0.1, -0.05) is 0 Å². The summed E-state index contributed by atoms with van der Waals surface area (Å²) >= 11 is 1.82. The van der Waals surface area contributed by atoms with Crippen molar-refractivity contribution in [1.82, 2.24) is 15.0 Å². The highest BCUT2D eigenvalue weighted by atomic mass is 32.2. The van der Waals surface area contributed by atoms with Crippen molar-refractivity contribution in [2.24, 2.45) is 0 Å². The molecular formula is C22H18N6OS. The van der Waals surface area contributed by atoms with Crippen LogP contribution in [0.5, 0.6) is 11.6 Å². The highest BCUT2D eigenvalue weighted by Crippen LogP contribution is 2.36. The van der Waals surface area contributed by atoms with Crippen LogP contribution in [0.25, 0.3) is 0 Å². The lowest BCUT2D eigenvalue weighted by Crippen LogP contribution is -2.12. The number of pyridine rings is 1. The Balaban J connectivity index is 1.71. The molecule has 3 heterocycles. The molecule has 0 amide bonds. The van der Waals surface area contributed by atoms with Crippen molar-refractivity contribution in [1.29, 1.82) is 10.5 Å². The Bertz CT molecular complexity index is 1170. The molecule has 1 aliphatic rings. The molecule has 0 fully saturated rings. The molecular weight excluding hydrogens is 396 g/mol. The Morgan fingerprint density at radius 2 is 1.83 bits per heavy atom.